The maximum Gasteiger partial charge on any atom is 0.329 e. The molecule has 2 aromatic carbocycles. The van der Waals surface area contributed by atoms with Gasteiger partial charge in [0.15, 0.2) is 6.10 Å². The van der Waals surface area contributed by atoms with Crippen LogP contribution in [0.15, 0.2) is 60.7 Å². The Morgan fingerprint density at radius 1 is 0.929 bits per heavy atom. The van der Waals surface area contributed by atoms with Gasteiger partial charge in [-0.05, 0) is 18.1 Å². The molecule has 2 rings (SSSR count). The fraction of sp³-hybridized carbons (Fsp3) is 0.318. The second-order valence-corrected chi connectivity index (χ2v) is 6.50. The summed E-state index contributed by atoms with van der Waals surface area (Å²) in [6.45, 7) is 2.83. The first-order valence-corrected chi connectivity index (χ1v) is 9.07. The van der Waals surface area contributed by atoms with Crippen LogP contribution in [0.1, 0.15) is 25.0 Å². The molecule has 0 aliphatic carbocycles. The van der Waals surface area contributed by atoms with Crippen LogP contribution in [0.5, 0.6) is 0 Å². The molecule has 28 heavy (non-hydrogen) atoms. The van der Waals surface area contributed by atoms with Gasteiger partial charge in [-0.15, -0.1) is 0 Å². The number of carbonyl (C=O) groups is 3. The van der Waals surface area contributed by atoms with Crippen LogP contribution in [-0.4, -0.2) is 41.9 Å². The highest BCUT2D eigenvalue weighted by molar-refractivity contribution is 5.88. The second-order valence-electron chi connectivity index (χ2n) is 6.50. The lowest BCUT2D eigenvalue weighted by Gasteiger charge is -2.28. The molecule has 0 fully saturated rings. The Hall–Kier alpha value is -3.15. The lowest BCUT2D eigenvalue weighted by Crippen LogP contribution is -2.48. The molecule has 0 aromatic heterocycles. The average molecular weight is 383 g/mol. The number of rotatable bonds is 8. The predicted molar refractivity (Wildman–Crippen MR) is 104 cm³/mol. The third-order valence-corrected chi connectivity index (χ3v) is 4.27. The summed E-state index contributed by atoms with van der Waals surface area (Å²) in [4.78, 5) is 37.9. The first-order valence-electron chi connectivity index (χ1n) is 9.07. The molecule has 0 saturated carbocycles. The smallest absolute Gasteiger partial charge is 0.329 e. The molecule has 0 spiro atoms. The Morgan fingerprint density at radius 2 is 1.46 bits per heavy atom. The van der Waals surface area contributed by atoms with E-state index in [4.69, 9.17) is 9.47 Å². The summed E-state index contributed by atoms with van der Waals surface area (Å²) in [5.41, 5.74) is 1.75. The quantitative estimate of drug-likeness (QED) is 0.656. The van der Waals surface area contributed by atoms with Crippen molar-refractivity contribution in [3.8, 4) is 0 Å². The van der Waals surface area contributed by atoms with E-state index >= 15 is 0 Å². The third-order valence-electron chi connectivity index (χ3n) is 4.27. The summed E-state index contributed by atoms with van der Waals surface area (Å²) in [6.07, 6.45) is -0.688. The van der Waals surface area contributed by atoms with Crippen LogP contribution in [0, 0.1) is 0 Å². The van der Waals surface area contributed by atoms with E-state index in [0.29, 0.717) is 6.42 Å². The molecule has 0 N–H and O–H groups in total. The lowest BCUT2D eigenvalue weighted by atomic mass is 10.0. The summed E-state index contributed by atoms with van der Waals surface area (Å²) in [7, 11) is 1.51. The Balaban J connectivity index is 2.14. The standard InChI is InChI=1S/C22H25NO5/c1-16(28-17(2)24)21(25)23(3)20(14-18-10-6-4-7-11-18)22(26)27-15-19-12-8-5-9-13-19/h4-13,16,20H,14-15H2,1-3H3/t16-,20+/m1/s1. The summed E-state index contributed by atoms with van der Waals surface area (Å²) in [5.74, 6) is -1.54. The van der Waals surface area contributed by atoms with Gasteiger partial charge in [0.2, 0.25) is 0 Å². The number of hydrogen-bond donors (Lipinski definition) is 0. The lowest BCUT2D eigenvalue weighted by molar-refractivity contribution is -0.162. The van der Waals surface area contributed by atoms with Gasteiger partial charge >= 0.3 is 11.9 Å². The second kappa shape index (κ2) is 10.3. The minimum Gasteiger partial charge on any atom is -0.459 e. The fourth-order valence-electron chi connectivity index (χ4n) is 2.78. The van der Waals surface area contributed by atoms with Gasteiger partial charge in [-0.3, -0.25) is 9.59 Å². The highest BCUT2D eigenvalue weighted by Crippen LogP contribution is 2.13. The fourth-order valence-corrected chi connectivity index (χ4v) is 2.78. The Bertz CT molecular complexity index is 791. The largest absolute Gasteiger partial charge is 0.459 e. The van der Waals surface area contributed by atoms with Crippen LogP contribution in [0.2, 0.25) is 0 Å². The number of likely N-dealkylation sites (N-methyl/N-ethyl adjacent to an activating group) is 1. The van der Waals surface area contributed by atoms with Crippen molar-refractivity contribution >= 4 is 17.8 Å². The number of ether oxygens (including phenoxy) is 2. The number of hydrogen-bond acceptors (Lipinski definition) is 5. The van der Waals surface area contributed by atoms with Crippen molar-refractivity contribution in [1.82, 2.24) is 4.90 Å². The maximum absolute atomic E-state index is 12.8. The van der Waals surface area contributed by atoms with Crippen LogP contribution in [-0.2, 0) is 36.9 Å². The number of benzene rings is 2. The molecule has 1 amide bonds. The van der Waals surface area contributed by atoms with Crippen molar-refractivity contribution in [2.45, 2.75) is 39.0 Å². The molecular weight excluding hydrogens is 358 g/mol. The molecule has 6 nitrogen and oxygen atoms in total. The summed E-state index contributed by atoms with van der Waals surface area (Å²) >= 11 is 0. The van der Waals surface area contributed by atoms with Crippen LogP contribution in [0.3, 0.4) is 0 Å². The molecule has 2 aromatic rings. The van der Waals surface area contributed by atoms with Gasteiger partial charge in [-0.25, -0.2) is 4.79 Å². The highest BCUT2D eigenvalue weighted by Gasteiger charge is 2.32. The molecule has 2 atom stereocenters. The van der Waals surface area contributed by atoms with Crippen molar-refractivity contribution in [1.29, 1.82) is 0 Å². The summed E-state index contributed by atoms with van der Waals surface area (Å²) < 4.78 is 10.4. The Morgan fingerprint density at radius 3 is 2.00 bits per heavy atom. The van der Waals surface area contributed by atoms with E-state index in [1.54, 1.807) is 0 Å². The van der Waals surface area contributed by atoms with Gasteiger partial charge in [0.05, 0.1) is 0 Å². The molecule has 0 bridgehead atoms. The number of carbonyl (C=O) groups excluding carboxylic acids is 3. The Kier molecular flexibility index (Phi) is 7.75. The van der Waals surface area contributed by atoms with Crippen molar-refractivity contribution in [2.24, 2.45) is 0 Å². The molecular formula is C22H25NO5. The van der Waals surface area contributed by atoms with Crippen molar-refractivity contribution < 1.29 is 23.9 Å². The van der Waals surface area contributed by atoms with Gasteiger partial charge in [-0.2, -0.15) is 0 Å². The SMILES string of the molecule is CC(=O)O[C@H](C)C(=O)N(C)[C@@H](Cc1ccccc1)C(=O)OCc1ccccc1. The van der Waals surface area contributed by atoms with Crippen LogP contribution in [0.4, 0.5) is 0 Å². The molecule has 148 valence electrons. The zero-order valence-electron chi connectivity index (χ0n) is 16.3. The number of esters is 2. The predicted octanol–water partition coefficient (Wildman–Crippen LogP) is 2.75. The third kappa shape index (κ3) is 6.23. The van der Waals surface area contributed by atoms with E-state index in [1.807, 2.05) is 60.7 Å². The van der Waals surface area contributed by atoms with Crippen molar-refractivity contribution in [3.05, 3.63) is 71.8 Å². The first-order chi connectivity index (χ1) is 13.4. The normalized spacial score (nSPS) is 12.5. The molecule has 0 saturated heterocycles. The average Bonchev–Trinajstić information content (AvgIpc) is 2.70. The van der Waals surface area contributed by atoms with Gasteiger partial charge in [0.25, 0.3) is 5.91 Å². The van der Waals surface area contributed by atoms with Crippen LogP contribution >= 0.6 is 0 Å². The van der Waals surface area contributed by atoms with Gasteiger partial charge in [-0.1, -0.05) is 60.7 Å². The topological polar surface area (TPSA) is 72.9 Å². The van der Waals surface area contributed by atoms with E-state index in [2.05, 4.69) is 0 Å². The van der Waals surface area contributed by atoms with E-state index in [-0.39, 0.29) is 6.61 Å². The van der Waals surface area contributed by atoms with Crippen LogP contribution < -0.4 is 0 Å². The monoisotopic (exact) mass is 383 g/mol. The number of nitrogens with zero attached hydrogens (tertiary/aromatic N) is 1. The minimum absolute atomic E-state index is 0.118. The molecule has 0 unspecified atom stereocenters. The van der Waals surface area contributed by atoms with Crippen LogP contribution in [0.25, 0.3) is 0 Å². The van der Waals surface area contributed by atoms with Crippen molar-refractivity contribution in [3.63, 3.8) is 0 Å². The van der Waals surface area contributed by atoms with E-state index in [9.17, 15) is 14.4 Å². The van der Waals surface area contributed by atoms with E-state index < -0.39 is 30.0 Å². The molecule has 0 aliphatic rings. The molecule has 0 heterocycles. The summed E-state index contributed by atoms with van der Waals surface area (Å²) in [6, 6.07) is 17.9. The number of amides is 1. The minimum atomic E-state index is -0.984. The Labute approximate surface area is 165 Å². The molecule has 0 aliphatic heterocycles. The molecule has 6 heteroatoms. The van der Waals surface area contributed by atoms with E-state index in [0.717, 1.165) is 11.1 Å². The highest BCUT2D eigenvalue weighted by atomic mass is 16.5. The first kappa shape index (κ1) is 21.2. The zero-order chi connectivity index (χ0) is 20.5. The van der Waals surface area contributed by atoms with Gasteiger partial charge < -0.3 is 14.4 Å². The van der Waals surface area contributed by atoms with Gasteiger partial charge in [0, 0.05) is 20.4 Å². The van der Waals surface area contributed by atoms with Crippen molar-refractivity contribution in [2.75, 3.05) is 7.05 Å². The zero-order valence-corrected chi connectivity index (χ0v) is 16.3. The summed E-state index contributed by atoms with van der Waals surface area (Å²) in [5, 5.41) is 0. The maximum atomic E-state index is 12.8. The van der Waals surface area contributed by atoms with E-state index in [1.165, 1.54) is 25.8 Å². The van der Waals surface area contributed by atoms with Gasteiger partial charge in [0.1, 0.15) is 12.6 Å². The molecule has 0 radical (unpaired) electrons.